The molecule has 0 bridgehead atoms. The van der Waals surface area contributed by atoms with E-state index in [2.05, 4.69) is 5.32 Å². The molecule has 0 saturated heterocycles. The monoisotopic (exact) mass is 219 g/mol. The number of hydrogen-bond donors (Lipinski definition) is 2. The first-order valence-corrected chi connectivity index (χ1v) is 4.35. The molecule has 0 aliphatic heterocycles. The molecule has 0 spiro atoms. The van der Waals surface area contributed by atoms with Crippen LogP contribution in [-0.4, -0.2) is 15.8 Å². The smallest absolute Gasteiger partial charge is 0.257 e. The van der Waals surface area contributed by atoms with E-state index in [0.717, 1.165) is 0 Å². The quantitative estimate of drug-likeness (QED) is 0.750. The van der Waals surface area contributed by atoms with Crippen molar-refractivity contribution in [3.05, 3.63) is 24.3 Å². The molecule has 0 unspecified atom stereocenters. The standard InChI is InChI=1S/C8H7Cl2NO2/c9-7(10)8(13)11-5-2-1-3-6(12)4-5/h1-4,7,12H,(H,11,13). The van der Waals surface area contributed by atoms with Crippen molar-refractivity contribution in [2.24, 2.45) is 0 Å². The lowest BCUT2D eigenvalue weighted by molar-refractivity contribution is -0.114. The number of nitrogens with one attached hydrogen (secondary N) is 1. The minimum atomic E-state index is -1.11. The van der Waals surface area contributed by atoms with Crippen LogP contribution in [0.5, 0.6) is 5.75 Å². The van der Waals surface area contributed by atoms with Gasteiger partial charge in [0.15, 0.2) is 4.84 Å². The van der Waals surface area contributed by atoms with Gasteiger partial charge >= 0.3 is 0 Å². The van der Waals surface area contributed by atoms with Gasteiger partial charge in [-0.15, -0.1) is 0 Å². The highest BCUT2D eigenvalue weighted by Gasteiger charge is 2.10. The zero-order valence-corrected chi connectivity index (χ0v) is 8.01. The summed E-state index contributed by atoms with van der Waals surface area (Å²) < 4.78 is 0. The molecule has 0 saturated carbocycles. The van der Waals surface area contributed by atoms with Crippen molar-refractivity contribution in [2.45, 2.75) is 4.84 Å². The minimum absolute atomic E-state index is 0.0681. The fourth-order valence-corrected chi connectivity index (χ4v) is 0.890. The van der Waals surface area contributed by atoms with Crippen molar-refractivity contribution in [3.63, 3.8) is 0 Å². The second kappa shape index (κ2) is 4.35. The van der Waals surface area contributed by atoms with Gasteiger partial charge in [0.25, 0.3) is 5.91 Å². The number of rotatable bonds is 2. The zero-order valence-electron chi connectivity index (χ0n) is 6.50. The second-order valence-electron chi connectivity index (χ2n) is 2.34. The first-order chi connectivity index (χ1) is 6.09. The molecule has 0 radical (unpaired) electrons. The molecule has 1 amide bonds. The van der Waals surface area contributed by atoms with Crippen LogP contribution < -0.4 is 5.32 Å². The molecule has 5 heteroatoms. The molecule has 0 fully saturated rings. The van der Waals surface area contributed by atoms with Gasteiger partial charge in [0.1, 0.15) is 5.75 Å². The number of aromatic hydroxyl groups is 1. The van der Waals surface area contributed by atoms with Crippen LogP contribution in [0.15, 0.2) is 24.3 Å². The van der Waals surface area contributed by atoms with E-state index in [9.17, 15) is 4.79 Å². The van der Waals surface area contributed by atoms with Gasteiger partial charge in [-0.1, -0.05) is 29.3 Å². The fraction of sp³-hybridized carbons (Fsp3) is 0.125. The van der Waals surface area contributed by atoms with E-state index in [1.807, 2.05) is 0 Å². The molecular weight excluding hydrogens is 213 g/mol. The highest BCUT2D eigenvalue weighted by molar-refractivity contribution is 6.54. The largest absolute Gasteiger partial charge is 0.508 e. The third-order valence-corrected chi connectivity index (χ3v) is 1.71. The summed E-state index contributed by atoms with van der Waals surface area (Å²) in [5.74, 6) is -0.451. The molecule has 13 heavy (non-hydrogen) atoms. The van der Waals surface area contributed by atoms with Gasteiger partial charge in [0, 0.05) is 11.8 Å². The normalized spacial score (nSPS) is 10.1. The SMILES string of the molecule is O=C(Nc1cccc(O)c1)C(Cl)Cl. The number of amides is 1. The average Bonchev–Trinajstić information content (AvgIpc) is 2.04. The molecule has 2 N–H and O–H groups in total. The first kappa shape index (κ1) is 10.2. The van der Waals surface area contributed by atoms with Crippen molar-refractivity contribution in [3.8, 4) is 5.75 Å². The van der Waals surface area contributed by atoms with Crippen LogP contribution in [0.3, 0.4) is 0 Å². The number of phenols is 1. The minimum Gasteiger partial charge on any atom is -0.508 e. The van der Waals surface area contributed by atoms with Crippen LogP contribution in [0, 0.1) is 0 Å². The van der Waals surface area contributed by atoms with Gasteiger partial charge in [-0.2, -0.15) is 0 Å². The zero-order chi connectivity index (χ0) is 9.84. The molecule has 1 aromatic carbocycles. The van der Waals surface area contributed by atoms with Crippen molar-refractivity contribution in [2.75, 3.05) is 5.32 Å². The lowest BCUT2D eigenvalue weighted by Gasteiger charge is -2.04. The van der Waals surface area contributed by atoms with Crippen LogP contribution in [0.1, 0.15) is 0 Å². The van der Waals surface area contributed by atoms with Crippen molar-refractivity contribution in [1.29, 1.82) is 0 Å². The predicted octanol–water partition coefficient (Wildman–Crippen LogP) is 2.13. The van der Waals surface area contributed by atoms with Crippen LogP contribution >= 0.6 is 23.2 Å². The van der Waals surface area contributed by atoms with E-state index in [-0.39, 0.29) is 5.75 Å². The Morgan fingerprint density at radius 3 is 2.69 bits per heavy atom. The lowest BCUT2D eigenvalue weighted by Crippen LogP contribution is -2.18. The first-order valence-electron chi connectivity index (χ1n) is 3.47. The highest BCUT2D eigenvalue weighted by Crippen LogP contribution is 2.16. The Labute approximate surface area is 85.3 Å². The topological polar surface area (TPSA) is 49.3 Å². The molecule has 0 atom stereocenters. The molecule has 1 aromatic rings. The van der Waals surface area contributed by atoms with Crippen molar-refractivity contribution >= 4 is 34.8 Å². The third kappa shape index (κ3) is 3.13. The lowest BCUT2D eigenvalue weighted by atomic mass is 10.3. The van der Waals surface area contributed by atoms with Crippen LogP contribution in [0.2, 0.25) is 0 Å². The Balaban J connectivity index is 2.69. The summed E-state index contributed by atoms with van der Waals surface area (Å²) in [5, 5.41) is 11.5. The van der Waals surface area contributed by atoms with Crippen LogP contribution in [0.4, 0.5) is 5.69 Å². The van der Waals surface area contributed by atoms with Gasteiger partial charge in [0.05, 0.1) is 0 Å². The van der Waals surface area contributed by atoms with Gasteiger partial charge in [-0.25, -0.2) is 0 Å². The summed E-state index contributed by atoms with van der Waals surface area (Å²) in [5.41, 5.74) is 0.455. The summed E-state index contributed by atoms with van der Waals surface area (Å²) >= 11 is 10.6. The number of anilines is 1. The Morgan fingerprint density at radius 1 is 1.46 bits per heavy atom. The van der Waals surface area contributed by atoms with Crippen molar-refractivity contribution < 1.29 is 9.90 Å². The fourth-order valence-electron chi connectivity index (χ4n) is 0.780. The Bertz CT molecular complexity index is 315. The molecule has 0 aliphatic carbocycles. The summed E-state index contributed by atoms with van der Waals surface area (Å²) in [6.07, 6.45) is 0. The summed E-state index contributed by atoms with van der Waals surface area (Å²) in [7, 11) is 0. The van der Waals surface area contributed by atoms with Gasteiger partial charge in [0.2, 0.25) is 0 Å². The number of phenolic OH excluding ortho intramolecular Hbond substituents is 1. The van der Waals surface area contributed by atoms with Crippen LogP contribution in [-0.2, 0) is 4.79 Å². The van der Waals surface area contributed by atoms with Gasteiger partial charge in [-0.05, 0) is 12.1 Å². The molecular formula is C8H7Cl2NO2. The van der Waals surface area contributed by atoms with E-state index >= 15 is 0 Å². The van der Waals surface area contributed by atoms with Gasteiger partial charge < -0.3 is 10.4 Å². The number of carbonyl (C=O) groups excluding carboxylic acids is 1. The maximum absolute atomic E-state index is 11.0. The van der Waals surface area contributed by atoms with Gasteiger partial charge in [-0.3, -0.25) is 4.79 Å². The van der Waals surface area contributed by atoms with E-state index in [0.29, 0.717) is 5.69 Å². The predicted molar refractivity (Wildman–Crippen MR) is 52.2 cm³/mol. The molecule has 70 valence electrons. The van der Waals surface area contributed by atoms with E-state index in [4.69, 9.17) is 28.3 Å². The van der Waals surface area contributed by atoms with E-state index in [1.54, 1.807) is 12.1 Å². The molecule has 0 aromatic heterocycles. The summed E-state index contributed by atoms with van der Waals surface area (Å²) in [4.78, 5) is 9.86. The summed E-state index contributed by atoms with van der Waals surface area (Å²) in [6.45, 7) is 0. The number of benzene rings is 1. The third-order valence-electron chi connectivity index (χ3n) is 1.31. The Hall–Kier alpha value is -0.930. The molecule has 0 heterocycles. The van der Waals surface area contributed by atoms with E-state index < -0.39 is 10.7 Å². The highest BCUT2D eigenvalue weighted by atomic mass is 35.5. The molecule has 0 aliphatic rings. The maximum Gasteiger partial charge on any atom is 0.257 e. The summed E-state index contributed by atoms with van der Waals surface area (Å²) in [6, 6.07) is 6.11. The maximum atomic E-state index is 11.0. The number of alkyl halides is 2. The second-order valence-corrected chi connectivity index (χ2v) is 3.44. The number of hydrogen-bond acceptors (Lipinski definition) is 2. The molecule has 1 rings (SSSR count). The Kier molecular flexibility index (Phi) is 3.39. The Morgan fingerprint density at radius 2 is 2.15 bits per heavy atom. The van der Waals surface area contributed by atoms with Crippen LogP contribution in [0.25, 0.3) is 0 Å². The number of carbonyl (C=O) groups is 1. The number of halogens is 2. The van der Waals surface area contributed by atoms with Crippen molar-refractivity contribution in [1.82, 2.24) is 0 Å². The molecule has 3 nitrogen and oxygen atoms in total. The van der Waals surface area contributed by atoms with E-state index in [1.165, 1.54) is 12.1 Å². The average molecular weight is 220 g/mol.